The van der Waals surface area contributed by atoms with Crippen LogP contribution in [0.25, 0.3) is 0 Å². The van der Waals surface area contributed by atoms with Gasteiger partial charge in [0.25, 0.3) is 0 Å². The minimum atomic E-state index is -3.86. The third-order valence-corrected chi connectivity index (χ3v) is 5.29. The van der Waals surface area contributed by atoms with E-state index in [9.17, 15) is 12.8 Å². The smallest absolute Gasteiger partial charge is 0.244 e. The molecular formula is C12H16BrFN2O3S. The van der Waals surface area contributed by atoms with E-state index in [4.69, 9.17) is 10.5 Å². The van der Waals surface area contributed by atoms with Gasteiger partial charge in [-0.1, -0.05) is 0 Å². The molecule has 3 N–H and O–H groups in total. The van der Waals surface area contributed by atoms with Crippen molar-refractivity contribution in [3.05, 3.63) is 22.4 Å². The van der Waals surface area contributed by atoms with Crippen LogP contribution in [0.5, 0.6) is 5.75 Å². The molecule has 1 aromatic rings. The van der Waals surface area contributed by atoms with E-state index in [1.165, 1.54) is 13.2 Å². The lowest BCUT2D eigenvalue weighted by Crippen LogP contribution is -2.38. The van der Waals surface area contributed by atoms with Gasteiger partial charge < -0.3 is 10.5 Å². The van der Waals surface area contributed by atoms with Crippen LogP contribution >= 0.6 is 15.9 Å². The van der Waals surface area contributed by atoms with Gasteiger partial charge in [0.15, 0.2) is 0 Å². The summed E-state index contributed by atoms with van der Waals surface area (Å²) in [6.07, 6.45) is 2.05. The maximum Gasteiger partial charge on any atom is 0.244 e. The minimum Gasteiger partial charge on any atom is -0.495 e. The van der Waals surface area contributed by atoms with E-state index in [0.29, 0.717) is 5.92 Å². The molecule has 0 aliphatic heterocycles. The molecule has 0 saturated heterocycles. The monoisotopic (exact) mass is 366 g/mol. The predicted molar refractivity (Wildman–Crippen MR) is 76.5 cm³/mol. The zero-order chi connectivity index (χ0) is 14.9. The number of methoxy groups -OCH3 is 1. The lowest BCUT2D eigenvalue weighted by molar-refractivity contribution is 0.399. The molecule has 1 saturated carbocycles. The molecule has 8 heteroatoms. The average molecular weight is 367 g/mol. The molecule has 2 rings (SSSR count). The van der Waals surface area contributed by atoms with Crippen molar-refractivity contribution in [3.8, 4) is 5.75 Å². The largest absolute Gasteiger partial charge is 0.495 e. The number of hydrogen-bond donors (Lipinski definition) is 2. The summed E-state index contributed by atoms with van der Waals surface area (Å²) in [5.74, 6) is -0.218. The molecule has 0 aromatic heterocycles. The standard InChI is InChI=1S/C12H16BrFN2O3S/c1-19-11-4-8(13)9(14)5-12(11)20(17,18)16-6-10(15)7-2-3-7/h4-5,7,10,16H,2-3,6,15H2,1H3. The van der Waals surface area contributed by atoms with Gasteiger partial charge in [-0.05, 0) is 46.8 Å². The third-order valence-electron chi connectivity index (χ3n) is 3.23. The zero-order valence-corrected chi connectivity index (χ0v) is 13.3. The highest BCUT2D eigenvalue weighted by atomic mass is 79.9. The van der Waals surface area contributed by atoms with Crippen molar-refractivity contribution in [2.75, 3.05) is 13.7 Å². The first-order valence-electron chi connectivity index (χ1n) is 6.13. The predicted octanol–water partition coefficient (Wildman–Crippen LogP) is 1.61. The van der Waals surface area contributed by atoms with Gasteiger partial charge in [0, 0.05) is 12.6 Å². The van der Waals surface area contributed by atoms with Gasteiger partial charge in [-0.25, -0.2) is 17.5 Å². The van der Waals surface area contributed by atoms with Crippen LogP contribution in [0.3, 0.4) is 0 Å². The van der Waals surface area contributed by atoms with E-state index in [1.54, 1.807) is 0 Å². The maximum atomic E-state index is 13.5. The highest BCUT2D eigenvalue weighted by Crippen LogP contribution is 2.32. The second kappa shape index (κ2) is 5.97. The van der Waals surface area contributed by atoms with Crippen LogP contribution in [0.4, 0.5) is 4.39 Å². The Morgan fingerprint density at radius 2 is 2.20 bits per heavy atom. The quantitative estimate of drug-likeness (QED) is 0.801. The first kappa shape index (κ1) is 15.7. The number of hydrogen-bond acceptors (Lipinski definition) is 4. The van der Waals surface area contributed by atoms with E-state index >= 15 is 0 Å². The van der Waals surface area contributed by atoms with Crippen molar-refractivity contribution in [1.82, 2.24) is 4.72 Å². The van der Waals surface area contributed by atoms with Crippen molar-refractivity contribution in [1.29, 1.82) is 0 Å². The van der Waals surface area contributed by atoms with E-state index < -0.39 is 15.8 Å². The number of ether oxygens (including phenoxy) is 1. The van der Waals surface area contributed by atoms with E-state index in [0.717, 1.165) is 18.9 Å². The van der Waals surface area contributed by atoms with Gasteiger partial charge in [-0.2, -0.15) is 0 Å². The van der Waals surface area contributed by atoms with Gasteiger partial charge in [-0.3, -0.25) is 0 Å². The average Bonchev–Trinajstić information content (AvgIpc) is 3.23. The Hall–Kier alpha value is -0.700. The van der Waals surface area contributed by atoms with Crippen LogP contribution in [-0.2, 0) is 10.0 Å². The second-order valence-corrected chi connectivity index (χ2v) is 7.36. The van der Waals surface area contributed by atoms with E-state index in [1.807, 2.05) is 0 Å². The Morgan fingerprint density at radius 1 is 1.55 bits per heavy atom. The molecule has 0 amide bonds. The Kier molecular flexibility index (Phi) is 4.68. The van der Waals surface area contributed by atoms with Crippen molar-refractivity contribution in [3.63, 3.8) is 0 Å². The molecular weight excluding hydrogens is 351 g/mol. The molecule has 1 atom stereocenters. The molecule has 0 spiro atoms. The molecule has 1 unspecified atom stereocenters. The highest BCUT2D eigenvalue weighted by Gasteiger charge is 2.30. The van der Waals surface area contributed by atoms with Gasteiger partial charge in [0.05, 0.1) is 11.6 Å². The molecule has 0 radical (unpaired) electrons. The summed E-state index contributed by atoms with van der Waals surface area (Å²) in [7, 11) is -2.53. The summed E-state index contributed by atoms with van der Waals surface area (Å²) in [5.41, 5.74) is 5.85. The van der Waals surface area contributed by atoms with Gasteiger partial charge >= 0.3 is 0 Å². The van der Waals surface area contributed by atoms with Crippen LogP contribution in [0.1, 0.15) is 12.8 Å². The summed E-state index contributed by atoms with van der Waals surface area (Å²) in [5, 5.41) is 0. The van der Waals surface area contributed by atoms with Crippen molar-refractivity contribution >= 4 is 26.0 Å². The molecule has 0 bridgehead atoms. The molecule has 1 aromatic carbocycles. The maximum absolute atomic E-state index is 13.5. The van der Waals surface area contributed by atoms with E-state index in [-0.39, 0.29) is 27.7 Å². The molecule has 0 heterocycles. The van der Waals surface area contributed by atoms with Crippen LogP contribution < -0.4 is 15.2 Å². The van der Waals surface area contributed by atoms with Crippen LogP contribution in [0.15, 0.2) is 21.5 Å². The summed E-state index contributed by atoms with van der Waals surface area (Å²) >= 11 is 2.99. The highest BCUT2D eigenvalue weighted by molar-refractivity contribution is 9.10. The van der Waals surface area contributed by atoms with Gasteiger partial charge in [0.1, 0.15) is 16.5 Å². The fourth-order valence-electron chi connectivity index (χ4n) is 1.85. The normalized spacial score (nSPS) is 17.0. The van der Waals surface area contributed by atoms with Crippen molar-refractivity contribution in [2.24, 2.45) is 11.7 Å². The van der Waals surface area contributed by atoms with Gasteiger partial charge in [-0.15, -0.1) is 0 Å². The molecule has 20 heavy (non-hydrogen) atoms. The summed E-state index contributed by atoms with van der Waals surface area (Å²) < 4.78 is 45.5. The number of rotatable bonds is 6. The molecule has 112 valence electrons. The molecule has 1 aliphatic rings. The number of halogens is 2. The van der Waals surface area contributed by atoms with Crippen LogP contribution in [0, 0.1) is 11.7 Å². The van der Waals surface area contributed by atoms with Crippen molar-refractivity contribution in [2.45, 2.75) is 23.8 Å². The summed E-state index contributed by atoms with van der Waals surface area (Å²) in [6.45, 7) is 0.133. The lowest BCUT2D eigenvalue weighted by atomic mass is 10.2. The Labute approximate surface area is 125 Å². The van der Waals surface area contributed by atoms with Crippen LogP contribution in [-0.4, -0.2) is 28.1 Å². The van der Waals surface area contributed by atoms with Crippen LogP contribution in [0.2, 0.25) is 0 Å². The van der Waals surface area contributed by atoms with E-state index in [2.05, 4.69) is 20.7 Å². The lowest BCUT2D eigenvalue weighted by Gasteiger charge is -2.14. The zero-order valence-electron chi connectivity index (χ0n) is 10.9. The Balaban J connectivity index is 2.21. The summed E-state index contributed by atoms with van der Waals surface area (Å²) in [4.78, 5) is -0.233. The third kappa shape index (κ3) is 3.49. The van der Waals surface area contributed by atoms with Crippen molar-refractivity contribution < 1.29 is 17.5 Å². The molecule has 5 nitrogen and oxygen atoms in total. The number of benzene rings is 1. The first-order chi connectivity index (χ1) is 9.35. The number of sulfonamides is 1. The SMILES string of the molecule is COc1cc(Br)c(F)cc1S(=O)(=O)NCC(N)C1CC1. The Morgan fingerprint density at radius 3 is 2.75 bits per heavy atom. The first-order valence-corrected chi connectivity index (χ1v) is 8.41. The Bertz CT molecular complexity index is 605. The molecule has 1 fully saturated rings. The fourth-order valence-corrected chi connectivity index (χ4v) is 3.41. The number of nitrogens with one attached hydrogen (secondary N) is 1. The van der Waals surface area contributed by atoms with Gasteiger partial charge in [0.2, 0.25) is 10.0 Å². The number of nitrogens with two attached hydrogens (primary N) is 1. The molecule has 1 aliphatic carbocycles. The summed E-state index contributed by atoms with van der Waals surface area (Å²) in [6, 6.07) is 1.99. The topological polar surface area (TPSA) is 81.4 Å². The minimum absolute atomic E-state index is 0.0748. The fraction of sp³-hybridized carbons (Fsp3) is 0.500. The second-order valence-electron chi connectivity index (χ2n) is 4.77.